The largest absolute Gasteiger partial charge is 0.493 e. The van der Waals surface area contributed by atoms with Crippen LogP contribution in [0.4, 0.5) is 5.69 Å². The fourth-order valence-corrected chi connectivity index (χ4v) is 1.94. The molecule has 2 rings (SSSR count). The Bertz CT molecular complexity index is 564. The van der Waals surface area contributed by atoms with Gasteiger partial charge < -0.3 is 15.2 Å². The summed E-state index contributed by atoms with van der Waals surface area (Å²) in [4.78, 5) is 0. The van der Waals surface area contributed by atoms with E-state index < -0.39 is 0 Å². The highest BCUT2D eigenvalue weighted by atomic mass is 16.5. The normalized spacial score (nSPS) is 10.5. The fourth-order valence-electron chi connectivity index (χ4n) is 1.94. The smallest absolute Gasteiger partial charge is 0.162 e. The molecule has 0 saturated heterocycles. The standard InChI is InChI=1S/C14H19N3O2/c1-4-17-12(7-10(2)16-17)9-19-13-6-5-11(15)8-14(13)18-3/h5-8H,4,9,15H2,1-3H3. The number of nitrogens with two attached hydrogens (primary N) is 1. The predicted molar refractivity (Wildman–Crippen MR) is 74.4 cm³/mol. The maximum Gasteiger partial charge on any atom is 0.162 e. The number of hydrogen-bond acceptors (Lipinski definition) is 4. The molecule has 0 atom stereocenters. The van der Waals surface area contributed by atoms with Gasteiger partial charge in [-0.2, -0.15) is 5.10 Å². The van der Waals surface area contributed by atoms with Crippen LogP contribution in [0, 0.1) is 6.92 Å². The molecule has 0 aliphatic rings. The maximum absolute atomic E-state index is 5.78. The van der Waals surface area contributed by atoms with Crippen molar-refractivity contribution in [2.45, 2.75) is 27.0 Å². The van der Waals surface area contributed by atoms with E-state index in [1.807, 2.05) is 23.7 Å². The van der Waals surface area contributed by atoms with E-state index >= 15 is 0 Å². The van der Waals surface area contributed by atoms with Gasteiger partial charge in [-0.3, -0.25) is 4.68 Å². The first-order chi connectivity index (χ1) is 9.13. The molecule has 2 aromatic rings. The molecule has 1 heterocycles. The number of nitrogens with zero attached hydrogens (tertiary/aromatic N) is 2. The number of rotatable bonds is 5. The minimum Gasteiger partial charge on any atom is -0.493 e. The van der Waals surface area contributed by atoms with E-state index in [1.165, 1.54) is 0 Å². The fraction of sp³-hybridized carbons (Fsp3) is 0.357. The van der Waals surface area contributed by atoms with Crippen LogP contribution in [-0.2, 0) is 13.2 Å². The first kappa shape index (κ1) is 13.3. The number of anilines is 1. The average molecular weight is 261 g/mol. The minimum atomic E-state index is 0.453. The van der Waals surface area contributed by atoms with Crippen molar-refractivity contribution in [1.29, 1.82) is 0 Å². The van der Waals surface area contributed by atoms with Gasteiger partial charge in [0.1, 0.15) is 6.61 Å². The highest BCUT2D eigenvalue weighted by Crippen LogP contribution is 2.29. The summed E-state index contributed by atoms with van der Waals surface area (Å²) in [6, 6.07) is 7.37. The second kappa shape index (κ2) is 5.65. The van der Waals surface area contributed by atoms with Gasteiger partial charge in [-0.1, -0.05) is 0 Å². The lowest BCUT2D eigenvalue weighted by atomic mass is 10.3. The molecule has 1 aromatic heterocycles. The molecule has 0 unspecified atom stereocenters. The molecule has 5 nitrogen and oxygen atoms in total. The van der Waals surface area contributed by atoms with Gasteiger partial charge in [-0.25, -0.2) is 0 Å². The lowest BCUT2D eigenvalue weighted by Gasteiger charge is -2.11. The number of aromatic nitrogens is 2. The van der Waals surface area contributed by atoms with Crippen molar-refractivity contribution in [3.63, 3.8) is 0 Å². The zero-order valence-corrected chi connectivity index (χ0v) is 11.5. The van der Waals surface area contributed by atoms with Crippen LogP contribution in [0.3, 0.4) is 0 Å². The topological polar surface area (TPSA) is 62.3 Å². The van der Waals surface area contributed by atoms with Crippen LogP contribution < -0.4 is 15.2 Å². The Labute approximate surface area is 112 Å². The van der Waals surface area contributed by atoms with E-state index in [-0.39, 0.29) is 0 Å². The second-order valence-corrected chi connectivity index (χ2v) is 4.29. The number of methoxy groups -OCH3 is 1. The maximum atomic E-state index is 5.78. The summed E-state index contributed by atoms with van der Waals surface area (Å²) in [6.07, 6.45) is 0. The van der Waals surface area contributed by atoms with Gasteiger partial charge in [0.2, 0.25) is 0 Å². The average Bonchev–Trinajstić information content (AvgIpc) is 2.77. The number of nitrogen functional groups attached to an aromatic ring is 1. The molecule has 0 spiro atoms. The zero-order chi connectivity index (χ0) is 13.8. The van der Waals surface area contributed by atoms with Crippen LogP contribution in [-0.4, -0.2) is 16.9 Å². The molecule has 102 valence electrons. The van der Waals surface area contributed by atoms with Gasteiger partial charge in [-0.05, 0) is 32.0 Å². The van der Waals surface area contributed by atoms with Crippen LogP contribution in [0.25, 0.3) is 0 Å². The van der Waals surface area contributed by atoms with Crippen molar-refractivity contribution >= 4 is 5.69 Å². The summed E-state index contributed by atoms with van der Waals surface area (Å²) >= 11 is 0. The Kier molecular flexibility index (Phi) is 3.94. The summed E-state index contributed by atoms with van der Waals surface area (Å²) in [7, 11) is 1.60. The zero-order valence-electron chi connectivity index (χ0n) is 11.5. The first-order valence-corrected chi connectivity index (χ1v) is 6.23. The van der Waals surface area contributed by atoms with Crippen LogP contribution in [0.2, 0.25) is 0 Å². The third kappa shape index (κ3) is 2.99. The quantitative estimate of drug-likeness (QED) is 0.839. The molecule has 19 heavy (non-hydrogen) atoms. The highest BCUT2D eigenvalue weighted by Gasteiger charge is 2.08. The van der Waals surface area contributed by atoms with E-state index in [1.54, 1.807) is 19.2 Å². The number of hydrogen-bond donors (Lipinski definition) is 1. The van der Waals surface area contributed by atoms with Crippen LogP contribution >= 0.6 is 0 Å². The summed E-state index contributed by atoms with van der Waals surface area (Å²) < 4.78 is 13.0. The molecular weight excluding hydrogens is 242 g/mol. The lowest BCUT2D eigenvalue weighted by molar-refractivity contribution is 0.274. The molecule has 0 amide bonds. The van der Waals surface area contributed by atoms with Crippen LogP contribution in [0.1, 0.15) is 18.3 Å². The van der Waals surface area contributed by atoms with E-state index in [2.05, 4.69) is 12.0 Å². The highest BCUT2D eigenvalue weighted by molar-refractivity contribution is 5.51. The SMILES string of the molecule is CCn1nc(C)cc1COc1ccc(N)cc1OC. The van der Waals surface area contributed by atoms with Crippen LogP contribution in [0.5, 0.6) is 11.5 Å². The Hall–Kier alpha value is -2.17. The second-order valence-electron chi connectivity index (χ2n) is 4.29. The Balaban J connectivity index is 2.14. The van der Waals surface area contributed by atoms with Gasteiger partial charge in [-0.15, -0.1) is 0 Å². The number of aryl methyl sites for hydroxylation is 2. The van der Waals surface area contributed by atoms with E-state index in [0.29, 0.717) is 23.8 Å². The molecule has 5 heteroatoms. The third-order valence-electron chi connectivity index (χ3n) is 2.85. The Morgan fingerprint density at radius 2 is 2.05 bits per heavy atom. The first-order valence-electron chi connectivity index (χ1n) is 6.23. The van der Waals surface area contributed by atoms with E-state index in [9.17, 15) is 0 Å². The van der Waals surface area contributed by atoms with Gasteiger partial charge in [0.15, 0.2) is 11.5 Å². The van der Waals surface area contributed by atoms with Crippen LogP contribution in [0.15, 0.2) is 24.3 Å². The van der Waals surface area contributed by atoms with Crippen molar-refractivity contribution < 1.29 is 9.47 Å². The third-order valence-corrected chi connectivity index (χ3v) is 2.85. The summed E-state index contributed by atoms with van der Waals surface area (Å²) in [5.41, 5.74) is 8.39. The molecule has 0 radical (unpaired) electrons. The van der Waals surface area contributed by atoms with E-state index in [0.717, 1.165) is 17.9 Å². The van der Waals surface area contributed by atoms with Crippen molar-refractivity contribution in [2.24, 2.45) is 0 Å². The van der Waals surface area contributed by atoms with Crippen molar-refractivity contribution in [2.75, 3.05) is 12.8 Å². The molecular formula is C14H19N3O2. The Morgan fingerprint density at radius 1 is 1.26 bits per heavy atom. The van der Waals surface area contributed by atoms with Gasteiger partial charge in [0.25, 0.3) is 0 Å². The van der Waals surface area contributed by atoms with Crippen molar-refractivity contribution in [3.8, 4) is 11.5 Å². The molecule has 0 saturated carbocycles. The predicted octanol–water partition coefficient (Wildman–Crippen LogP) is 2.38. The minimum absolute atomic E-state index is 0.453. The Morgan fingerprint density at radius 3 is 2.74 bits per heavy atom. The van der Waals surface area contributed by atoms with Crippen molar-refractivity contribution in [3.05, 3.63) is 35.7 Å². The summed E-state index contributed by atoms with van der Waals surface area (Å²) in [6.45, 7) is 5.31. The van der Waals surface area contributed by atoms with E-state index in [4.69, 9.17) is 15.2 Å². The monoisotopic (exact) mass is 261 g/mol. The number of ether oxygens (including phenoxy) is 2. The van der Waals surface area contributed by atoms with Gasteiger partial charge in [0.05, 0.1) is 18.5 Å². The van der Waals surface area contributed by atoms with Gasteiger partial charge in [0, 0.05) is 18.3 Å². The molecule has 0 bridgehead atoms. The van der Waals surface area contributed by atoms with Crippen molar-refractivity contribution in [1.82, 2.24) is 9.78 Å². The molecule has 0 aliphatic carbocycles. The molecule has 2 N–H and O–H groups in total. The molecule has 1 aromatic carbocycles. The molecule has 0 aliphatic heterocycles. The van der Waals surface area contributed by atoms with Gasteiger partial charge >= 0.3 is 0 Å². The molecule has 0 fully saturated rings. The number of benzene rings is 1. The summed E-state index contributed by atoms with van der Waals surface area (Å²) in [5.74, 6) is 1.32. The summed E-state index contributed by atoms with van der Waals surface area (Å²) in [5, 5.41) is 4.38. The lowest BCUT2D eigenvalue weighted by Crippen LogP contribution is -2.06.